The predicted octanol–water partition coefficient (Wildman–Crippen LogP) is 4.60. The van der Waals surface area contributed by atoms with Crippen LogP contribution in [0, 0.1) is 0 Å². The Labute approximate surface area is 138 Å². The summed E-state index contributed by atoms with van der Waals surface area (Å²) in [7, 11) is 0. The van der Waals surface area contributed by atoms with Crippen LogP contribution in [0.1, 0.15) is 10.5 Å². The smallest absolute Gasteiger partial charge is 0.356 e. The van der Waals surface area contributed by atoms with Crippen molar-refractivity contribution >= 4 is 16.7 Å². The van der Waals surface area contributed by atoms with Gasteiger partial charge in [0.25, 0.3) is 0 Å². The van der Waals surface area contributed by atoms with Gasteiger partial charge in [-0.2, -0.15) is 0 Å². The third kappa shape index (κ3) is 2.34. The first-order valence-corrected chi connectivity index (χ1v) is 7.61. The first-order valence-electron chi connectivity index (χ1n) is 7.61. The molecule has 4 rings (SSSR count). The SMILES string of the molecule is O=C(O)c1nc(-c2cccc3ccccc23)[nH]c1-c1ccccc1. The normalized spacial score (nSPS) is 10.8. The van der Waals surface area contributed by atoms with Crippen molar-refractivity contribution in [2.24, 2.45) is 0 Å². The standard InChI is InChI=1S/C20H14N2O2/c23-20(24)18-17(14-8-2-1-3-9-14)21-19(22-18)16-12-6-10-13-7-4-5-11-15(13)16/h1-12H,(H,21,22)(H,23,24). The molecule has 1 aromatic heterocycles. The van der Waals surface area contributed by atoms with Crippen molar-refractivity contribution in [1.29, 1.82) is 0 Å². The Hall–Kier alpha value is -3.40. The number of aromatic nitrogens is 2. The summed E-state index contributed by atoms with van der Waals surface area (Å²) >= 11 is 0. The molecule has 0 fully saturated rings. The van der Waals surface area contributed by atoms with E-state index in [1.165, 1.54) is 0 Å². The predicted molar refractivity (Wildman–Crippen MR) is 93.9 cm³/mol. The van der Waals surface area contributed by atoms with Gasteiger partial charge in [-0.1, -0.05) is 72.8 Å². The minimum atomic E-state index is -1.04. The largest absolute Gasteiger partial charge is 0.476 e. The molecule has 0 saturated heterocycles. The highest BCUT2D eigenvalue weighted by Crippen LogP contribution is 2.30. The van der Waals surface area contributed by atoms with Crippen LogP contribution in [0.15, 0.2) is 72.8 Å². The van der Waals surface area contributed by atoms with E-state index >= 15 is 0 Å². The van der Waals surface area contributed by atoms with E-state index in [1.54, 1.807) is 0 Å². The number of nitrogens with zero attached hydrogens (tertiary/aromatic N) is 1. The van der Waals surface area contributed by atoms with Crippen LogP contribution >= 0.6 is 0 Å². The van der Waals surface area contributed by atoms with Crippen molar-refractivity contribution < 1.29 is 9.90 Å². The Bertz CT molecular complexity index is 1030. The van der Waals surface area contributed by atoms with E-state index in [2.05, 4.69) is 9.97 Å². The molecule has 0 spiro atoms. The molecule has 4 aromatic rings. The number of aromatic amines is 1. The lowest BCUT2D eigenvalue weighted by Gasteiger charge is -2.03. The maximum atomic E-state index is 11.6. The average molecular weight is 314 g/mol. The summed E-state index contributed by atoms with van der Waals surface area (Å²) in [5.41, 5.74) is 2.24. The molecule has 24 heavy (non-hydrogen) atoms. The summed E-state index contributed by atoms with van der Waals surface area (Å²) < 4.78 is 0. The highest BCUT2D eigenvalue weighted by atomic mass is 16.4. The van der Waals surface area contributed by atoms with Crippen LogP contribution in [0.5, 0.6) is 0 Å². The Balaban J connectivity index is 1.95. The Morgan fingerprint density at radius 3 is 2.38 bits per heavy atom. The molecular weight excluding hydrogens is 300 g/mol. The number of rotatable bonds is 3. The molecule has 4 heteroatoms. The summed E-state index contributed by atoms with van der Waals surface area (Å²) in [6.45, 7) is 0. The second-order valence-electron chi connectivity index (χ2n) is 5.51. The maximum Gasteiger partial charge on any atom is 0.356 e. The zero-order valence-electron chi connectivity index (χ0n) is 12.7. The van der Waals surface area contributed by atoms with Crippen molar-refractivity contribution in [2.45, 2.75) is 0 Å². The van der Waals surface area contributed by atoms with Gasteiger partial charge in [-0.05, 0) is 10.8 Å². The number of fused-ring (bicyclic) bond motifs is 1. The number of aromatic carboxylic acids is 1. The minimum Gasteiger partial charge on any atom is -0.476 e. The number of carboxylic acid groups (broad SMARTS) is 1. The van der Waals surface area contributed by atoms with Crippen molar-refractivity contribution in [3.63, 3.8) is 0 Å². The highest BCUT2D eigenvalue weighted by molar-refractivity contribution is 5.98. The molecule has 1 heterocycles. The second-order valence-corrected chi connectivity index (χ2v) is 5.51. The zero-order chi connectivity index (χ0) is 16.5. The van der Waals surface area contributed by atoms with Crippen LogP contribution in [0.3, 0.4) is 0 Å². The lowest BCUT2D eigenvalue weighted by atomic mass is 10.0. The molecular formula is C20H14N2O2. The van der Waals surface area contributed by atoms with Crippen molar-refractivity contribution in [3.8, 4) is 22.6 Å². The minimum absolute atomic E-state index is 0.0316. The van der Waals surface area contributed by atoms with Crippen LogP contribution in [0.4, 0.5) is 0 Å². The van der Waals surface area contributed by atoms with Gasteiger partial charge < -0.3 is 10.1 Å². The maximum absolute atomic E-state index is 11.6. The Morgan fingerprint density at radius 2 is 1.58 bits per heavy atom. The molecule has 0 aliphatic rings. The fourth-order valence-electron chi connectivity index (χ4n) is 2.90. The fourth-order valence-corrected chi connectivity index (χ4v) is 2.90. The van der Waals surface area contributed by atoms with Crippen molar-refractivity contribution in [1.82, 2.24) is 9.97 Å². The summed E-state index contributed by atoms with van der Waals surface area (Å²) in [5, 5.41) is 11.6. The second kappa shape index (κ2) is 5.66. The summed E-state index contributed by atoms with van der Waals surface area (Å²) in [6.07, 6.45) is 0. The van der Waals surface area contributed by atoms with Crippen LogP contribution in [0.2, 0.25) is 0 Å². The van der Waals surface area contributed by atoms with Gasteiger partial charge >= 0.3 is 5.97 Å². The molecule has 0 aliphatic carbocycles. The van der Waals surface area contributed by atoms with E-state index < -0.39 is 5.97 Å². The van der Waals surface area contributed by atoms with E-state index in [4.69, 9.17) is 0 Å². The summed E-state index contributed by atoms with van der Waals surface area (Å²) in [5.74, 6) is -0.486. The fraction of sp³-hybridized carbons (Fsp3) is 0. The average Bonchev–Trinajstić information content (AvgIpc) is 3.07. The molecule has 0 unspecified atom stereocenters. The topological polar surface area (TPSA) is 66.0 Å². The monoisotopic (exact) mass is 314 g/mol. The number of carboxylic acids is 1. The van der Waals surface area contributed by atoms with E-state index in [0.717, 1.165) is 21.9 Å². The third-order valence-corrected chi connectivity index (χ3v) is 4.01. The summed E-state index contributed by atoms with van der Waals surface area (Å²) in [6, 6.07) is 23.3. The van der Waals surface area contributed by atoms with Crippen LogP contribution < -0.4 is 0 Å². The van der Waals surface area contributed by atoms with Gasteiger partial charge in [-0.15, -0.1) is 0 Å². The van der Waals surface area contributed by atoms with E-state index in [-0.39, 0.29) is 5.69 Å². The number of nitrogens with one attached hydrogen (secondary N) is 1. The van der Waals surface area contributed by atoms with Crippen LogP contribution in [-0.4, -0.2) is 21.0 Å². The molecule has 0 radical (unpaired) electrons. The molecule has 116 valence electrons. The van der Waals surface area contributed by atoms with Gasteiger partial charge in [0, 0.05) is 11.1 Å². The number of H-pyrrole nitrogens is 1. The number of carbonyl (C=O) groups is 1. The molecule has 0 amide bonds. The summed E-state index contributed by atoms with van der Waals surface area (Å²) in [4.78, 5) is 19.2. The Kier molecular flexibility index (Phi) is 3.35. The van der Waals surface area contributed by atoms with E-state index in [1.807, 2.05) is 72.8 Å². The van der Waals surface area contributed by atoms with E-state index in [0.29, 0.717) is 11.5 Å². The van der Waals surface area contributed by atoms with Gasteiger partial charge in [-0.25, -0.2) is 9.78 Å². The first-order chi connectivity index (χ1) is 11.7. The number of imidazole rings is 1. The van der Waals surface area contributed by atoms with Gasteiger partial charge in [0.1, 0.15) is 5.82 Å². The molecule has 0 bridgehead atoms. The van der Waals surface area contributed by atoms with Crippen LogP contribution in [0.25, 0.3) is 33.4 Å². The number of hydrogen-bond donors (Lipinski definition) is 2. The highest BCUT2D eigenvalue weighted by Gasteiger charge is 2.19. The quantitative estimate of drug-likeness (QED) is 0.581. The van der Waals surface area contributed by atoms with Crippen LogP contribution in [-0.2, 0) is 0 Å². The third-order valence-electron chi connectivity index (χ3n) is 4.01. The molecule has 0 aliphatic heterocycles. The molecule has 0 saturated carbocycles. The van der Waals surface area contributed by atoms with Crippen molar-refractivity contribution in [3.05, 3.63) is 78.5 Å². The molecule has 4 nitrogen and oxygen atoms in total. The number of benzene rings is 3. The molecule has 2 N–H and O–H groups in total. The van der Waals surface area contributed by atoms with Gasteiger partial charge in [0.2, 0.25) is 0 Å². The molecule has 3 aromatic carbocycles. The van der Waals surface area contributed by atoms with Gasteiger partial charge in [0.05, 0.1) is 5.69 Å². The zero-order valence-corrected chi connectivity index (χ0v) is 12.7. The van der Waals surface area contributed by atoms with Gasteiger partial charge in [0.15, 0.2) is 5.69 Å². The van der Waals surface area contributed by atoms with E-state index in [9.17, 15) is 9.90 Å². The lowest BCUT2D eigenvalue weighted by Crippen LogP contribution is -1.99. The van der Waals surface area contributed by atoms with Crippen molar-refractivity contribution in [2.75, 3.05) is 0 Å². The Morgan fingerprint density at radius 1 is 0.875 bits per heavy atom. The number of hydrogen-bond acceptors (Lipinski definition) is 2. The van der Waals surface area contributed by atoms with Gasteiger partial charge in [-0.3, -0.25) is 0 Å². The molecule has 0 atom stereocenters. The lowest BCUT2D eigenvalue weighted by molar-refractivity contribution is 0.0692. The first kappa shape index (κ1) is 14.2.